The third-order valence-electron chi connectivity index (χ3n) is 4.30. The number of piperidine rings is 1. The maximum atomic E-state index is 12.7. The van der Waals surface area contributed by atoms with Gasteiger partial charge in [0.2, 0.25) is 5.91 Å². The third-order valence-corrected chi connectivity index (χ3v) is 8.26. The molecular formula is C16H18BrN3O5S2. The summed E-state index contributed by atoms with van der Waals surface area (Å²) in [5, 5.41) is 0. The van der Waals surface area contributed by atoms with Crippen molar-refractivity contribution in [2.24, 2.45) is 5.92 Å². The van der Waals surface area contributed by atoms with E-state index < -0.39 is 27.8 Å². The molecule has 3 rings (SSSR count). The largest absolute Gasteiger partial charge is 0.469 e. The molecule has 0 aromatic carbocycles. The zero-order valence-electron chi connectivity index (χ0n) is 14.4. The lowest BCUT2D eigenvalue weighted by atomic mass is 9.99. The number of furan rings is 1. The van der Waals surface area contributed by atoms with Gasteiger partial charge in [-0.1, -0.05) is 0 Å². The van der Waals surface area contributed by atoms with Crippen LogP contribution in [0.25, 0.3) is 0 Å². The SMILES string of the molecule is Cc1occc1C(=O)NNC(=O)C1CCCN(S(=O)(=O)c2ccc(Br)s2)C1. The van der Waals surface area contributed by atoms with Crippen molar-refractivity contribution < 1.29 is 22.4 Å². The Labute approximate surface area is 169 Å². The van der Waals surface area contributed by atoms with Gasteiger partial charge in [-0.3, -0.25) is 20.4 Å². The fourth-order valence-corrected chi connectivity index (χ4v) is 6.53. The maximum absolute atomic E-state index is 12.7. The Bertz CT molecular complexity index is 953. The first-order chi connectivity index (χ1) is 12.8. The predicted octanol–water partition coefficient (Wildman–Crippen LogP) is 2.27. The molecule has 27 heavy (non-hydrogen) atoms. The van der Waals surface area contributed by atoms with E-state index in [1.54, 1.807) is 19.1 Å². The molecular weight excluding hydrogens is 458 g/mol. The van der Waals surface area contributed by atoms with Crippen LogP contribution in [0.15, 0.2) is 36.9 Å². The standard InChI is InChI=1S/C16H18BrN3O5S2/c1-10-12(6-8-25-10)16(22)19-18-15(21)11-3-2-7-20(9-11)27(23,24)14-5-4-13(17)26-14/h4-6,8,11H,2-3,7,9H2,1H3,(H,18,21)(H,19,22). The number of carbonyl (C=O) groups excluding carboxylic acids is 2. The molecule has 2 amide bonds. The highest BCUT2D eigenvalue weighted by Crippen LogP contribution is 2.30. The summed E-state index contributed by atoms with van der Waals surface area (Å²) in [6.07, 6.45) is 2.50. The molecule has 8 nitrogen and oxygen atoms in total. The van der Waals surface area contributed by atoms with Gasteiger partial charge < -0.3 is 4.42 Å². The first-order valence-electron chi connectivity index (χ1n) is 8.19. The van der Waals surface area contributed by atoms with Crippen molar-refractivity contribution in [2.45, 2.75) is 24.0 Å². The van der Waals surface area contributed by atoms with E-state index in [2.05, 4.69) is 26.8 Å². The Balaban J connectivity index is 1.61. The number of hydrogen-bond acceptors (Lipinski definition) is 6. The van der Waals surface area contributed by atoms with Gasteiger partial charge in [-0.05, 0) is 53.9 Å². The van der Waals surface area contributed by atoms with Gasteiger partial charge in [0.15, 0.2) is 0 Å². The first kappa shape index (κ1) is 20.1. The Kier molecular flexibility index (Phi) is 6.04. The van der Waals surface area contributed by atoms with Gasteiger partial charge in [0.1, 0.15) is 9.97 Å². The van der Waals surface area contributed by atoms with Crippen LogP contribution in [0.2, 0.25) is 0 Å². The van der Waals surface area contributed by atoms with E-state index in [-0.39, 0.29) is 10.8 Å². The van der Waals surface area contributed by atoms with Crippen molar-refractivity contribution in [2.75, 3.05) is 13.1 Å². The normalized spacial score (nSPS) is 18.2. The molecule has 1 aliphatic heterocycles. The molecule has 3 heterocycles. The monoisotopic (exact) mass is 475 g/mol. The number of amides is 2. The summed E-state index contributed by atoms with van der Waals surface area (Å²) in [6, 6.07) is 4.73. The average Bonchev–Trinajstić information content (AvgIpc) is 3.28. The Hall–Kier alpha value is -1.69. The molecule has 1 unspecified atom stereocenters. The molecule has 1 saturated heterocycles. The van der Waals surface area contributed by atoms with Crippen molar-refractivity contribution >= 4 is 49.1 Å². The number of nitrogens with zero attached hydrogens (tertiary/aromatic N) is 1. The van der Waals surface area contributed by atoms with Crippen LogP contribution in [0, 0.1) is 12.8 Å². The topological polar surface area (TPSA) is 109 Å². The minimum Gasteiger partial charge on any atom is -0.469 e. The van der Waals surface area contributed by atoms with Gasteiger partial charge >= 0.3 is 0 Å². The number of sulfonamides is 1. The minimum absolute atomic E-state index is 0.0737. The number of halogens is 1. The summed E-state index contributed by atoms with van der Waals surface area (Å²) >= 11 is 4.40. The Morgan fingerprint density at radius 2 is 2.07 bits per heavy atom. The number of thiophene rings is 1. The predicted molar refractivity (Wildman–Crippen MR) is 103 cm³/mol. The van der Waals surface area contributed by atoms with Crippen LogP contribution >= 0.6 is 27.3 Å². The van der Waals surface area contributed by atoms with Crippen LogP contribution in [-0.4, -0.2) is 37.6 Å². The highest BCUT2D eigenvalue weighted by Gasteiger charge is 2.34. The highest BCUT2D eigenvalue weighted by molar-refractivity contribution is 9.11. The molecule has 1 atom stereocenters. The summed E-state index contributed by atoms with van der Waals surface area (Å²) in [4.78, 5) is 24.4. The number of hydrazine groups is 1. The summed E-state index contributed by atoms with van der Waals surface area (Å²) in [7, 11) is -3.64. The third kappa shape index (κ3) is 4.42. The van der Waals surface area contributed by atoms with Crippen molar-refractivity contribution in [3.8, 4) is 0 Å². The molecule has 0 saturated carbocycles. The summed E-state index contributed by atoms with van der Waals surface area (Å²) in [5.74, 6) is -1.00. The minimum atomic E-state index is -3.64. The molecule has 0 aliphatic carbocycles. The zero-order chi connectivity index (χ0) is 19.6. The van der Waals surface area contributed by atoms with Crippen LogP contribution in [0.3, 0.4) is 0 Å². The lowest BCUT2D eigenvalue weighted by Crippen LogP contribution is -2.49. The first-order valence-corrected chi connectivity index (χ1v) is 11.2. The fraction of sp³-hybridized carbons (Fsp3) is 0.375. The number of hydrogen-bond donors (Lipinski definition) is 2. The van der Waals surface area contributed by atoms with Gasteiger partial charge in [0.25, 0.3) is 15.9 Å². The van der Waals surface area contributed by atoms with Gasteiger partial charge in [-0.25, -0.2) is 8.42 Å². The Morgan fingerprint density at radius 3 is 2.70 bits per heavy atom. The molecule has 146 valence electrons. The van der Waals surface area contributed by atoms with Crippen molar-refractivity contribution in [3.63, 3.8) is 0 Å². The molecule has 11 heteroatoms. The van der Waals surface area contributed by atoms with Gasteiger partial charge in [0.05, 0.1) is 21.5 Å². The van der Waals surface area contributed by atoms with E-state index in [9.17, 15) is 18.0 Å². The van der Waals surface area contributed by atoms with Crippen LogP contribution in [0.4, 0.5) is 0 Å². The molecule has 2 aromatic heterocycles. The Morgan fingerprint density at radius 1 is 1.30 bits per heavy atom. The lowest BCUT2D eigenvalue weighted by Gasteiger charge is -2.30. The second kappa shape index (κ2) is 8.13. The van der Waals surface area contributed by atoms with Gasteiger partial charge in [-0.15, -0.1) is 11.3 Å². The van der Waals surface area contributed by atoms with Crippen molar-refractivity contribution in [3.05, 3.63) is 39.6 Å². The second-order valence-electron chi connectivity index (χ2n) is 6.09. The number of nitrogens with one attached hydrogen (secondary N) is 2. The molecule has 0 spiro atoms. The maximum Gasteiger partial charge on any atom is 0.273 e. The molecule has 0 radical (unpaired) electrons. The fourth-order valence-electron chi connectivity index (χ4n) is 2.85. The van der Waals surface area contributed by atoms with E-state index in [4.69, 9.17) is 4.42 Å². The zero-order valence-corrected chi connectivity index (χ0v) is 17.6. The van der Waals surface area contributed by atoms with Crippen LogP contribution in [0.1, 0.15) is 29.0 Å². The van der Waals surface area contributed by atoms with Crippen LogP contribution in [0.5, 0.6) is 0 Å². The van der Waals surface area contributed by atoms with E-state index >= 15 is 0 Å². The number of carbonyl (C=O) groups is 2. The molecule has 1 aliphatic rings. The van der Waals surface area contributed by atoms with Crippen LogP contribution in [-0.2, 0) is 14.8 Å². The number of aryl methyl sites for hydroxylation is 1. The van der Waals surface area contributed by atoms with Crippen molar-refractivity contribution in [1.82, 2.24) is 15.2 Å². The summed E-state index contributed by atoms with van der Waals surface area (Å²) in [6.45, 7) is 2.08. The van der Waals surface area contributed by atoms with E-state index in [0.29, 0.717) is 30.7 Å². The quantitative estimate of drug-likeness (QED) is 0.659. The second-order valence-corrected chi connectivity index (χ2v) is 10.7. The average molecular weight is 476 g/mol. The summed E-state index contributed by atoms with van der Waals surface area (Å²) < 4.78 is 32.8. The summed E-state index contributed by atoms with van der Waals surface area (Å²) in [5.41, 5.74) is 5.04. The lowest BCUT2D eigenvalue weighted by molar-refractivity contribution is -0.126. The van der Waals surface area contributed by atoms with E-state index in [0.717, 1.165) is 15.1 Å². The molecule has 2 aromatic rings. The van der Waals surface area contributed by atoms with Crippen LogP contribution < -0.4 is 10.9 Å². The highest BCUT2D eigenvalue weighted by atomic mass is 79.9. The van der Waals surface area contributed by atoms with Crippen molar-refractivity contribution in [1.29, 1.82) is 0 Å². The molecule has 0 bridgehead atoms. The van der Waals surface area contributed by atoms with E-state index in [1.807, 2.05) is 0 Å². The van der Waals surface area contributed by atoms with Gasteiger partial charge in [0, 0.05) is 13.1 Å². The van der Waals surface area contributed by atoms with Gasteiger partial charge in [-0.2, -0.15) is 4.31 Å². The molecule has 2 N–H and O–H groups in total. The van der Waals surface area contributed by atoms with E-state index in [1.165, 1.54) is 16.6 Å². The molecule has 1 fully saturated rings. The number of rotatable bonds is 4. The smallest absolute Gasteiger partial charge is 0.273 e.